The largest absolute Gasteiger partial charge is 0.384 e. The topological polar surface area (TPSA) is 20.2 Å². The summed E-state index contributed by atoms with van der Waals surface area (Å²) in [5.41, 5.74) is 1.90. The molecule has 0 aliphatic carbocycles. The van der Waals surface area contributed by atoms with Crippen LogP contribution < -0.4 is 0 Å². The zero-order valence-electron chi connectivity index (χ0n) is 10.5. The van der Waals surface area contributed by atoms with Gasteiger partial charge >= 0.3 is 0 Å². The van der Waals surface area contributed by atoms with E-state index in [4.69, 9.17) is 0 Å². The van der Waals surface area contributed by atoms with E-state index in [1.165, 1.54) is 13.0 Å². The number of hydrogen-bond acceptors (Lipinski definition) is 1. The van der Waals surface area contributed by atoms with Crippen LogP contribution in [0.2, 0.25) is 0 Å². The first-order valence-electron chi connectivity index (χ1n) is 5.79. The van der Waals surface area contributed by atoms with E-state index in [2.05, 4.69) is 15.9 Å². The fourth-order valence-electron chi connectivity index (χ4n) is 1.99. The number of aliphatic hydroxyl groups excluding tert-OH is 1. The van der Waals surface area contributed by atoms with E-state index in [0.29, 0.717) is 11.1 Å². The third kappa shape index (κ3) is 3.01. The average Bonchev–Trinajstić information content (AvgIpc) is 2.31. The van der Waals surface area contributed by atoms with Crippen LogP contribution in [0.25, 0.3) is 0 Å². The lowest BCUT2D eigenvalue weighted by Gasteiger charge is -2.14. The van der Waals surface area contributed by atoms with Gasteiger partial charge in [-0.3, -0.25) is 0 Å². The first kappa shape index (κ1) is 14.2. The molecule has 1 N–H and O–H groups in total. The molecule has 1 unspecified atom stereocenters. The number of benzene rings is 2. The number of aliphatic hydroxyl groups is 1. The molecule has 0 aromatic heterocycles. The van der Waals surface area contributed by atoms with E-state index < -0.39 is 17.7 Å². The standard InChI is InChI=1S/C15H13BrF2O/c1-8-3-10(6-11(16)4-8)15(19)12-5-9(2)13(17)7-14(12)18/h3-7,15,19H,1-2H3. The maximum Gasteiger partial charge on any atom is 0.132 e. The van der Waals surface area contributed by atoms with Gasteiger partial charge in [0, 0.05) is 16.1 Å². The van der Waals surface area contributed by atoms with Gasteiger partial charge < -0.3 is 5.11 Å². The van der Waals surface area contributed by atoms with Gasteiger partial charge in [-0.2, -0.15) is 0 Å². The number of rotatable bonds is 2. The molecule has 19 heavy (non-hydrogen) atoms. The molecular weight excluding hydrogens is 314 g/mol. The van der Waals surface area contributed by atoms with Crippen LogP contribution in [0.15, 0.2) is 34.8 Å². The van der Waals surface area contributed by atoms with Gasteiger partial charge in [0.2, 0.25) is 0 Å². The van der Waals surface area contributed by atoms with Crippen LogP contribution >= 0.6 is 15.9 Å². The Labute approximate surface area is 119 Å². The van der Waals surface area contributed by atoms with Crippen LogP contribution in [-0.4, -0.2) is 5.11 Å². The molecule has 0 aliphatic rings. The predicted octanol–water partition coefficient (Wildman–Crippen LogP) is 4.43. The fourth-order valence-corrected chi connectivity index (χ4v) is 2.62. The van der Waals surface area contributed by atoms with E-state index in [0.717, 1.165) is 16.1 Å². The van der Waals surface area contributed by atoms with Crippen molar-refractivity contribution in [3.8, 4) is 0 Å². The second-order valence-corrected chi connectivity index (χ2v) is 5.50. The molecule has 2 rings (SSSR count). The van der Waals surface area contributed by atoms with Crippen molar-refractivity contribution in [2.24, 2.45) is 0 Å². The number of halogens is 3. The summed E-state index contributed by atoms with van der Waals surface area (Å²) in [6.45, 7) is 3.42. The van der Waals surface area contributed by atoms with Crippen LogP contribution in [0.3, 0.4) is 0 Å². The summed E-state index contributed by atoms with van der Waals surface area (Å²) in [5, 5.41) is 10.3. The molecule has 1 atom stereocenters. The molecule has 2 aromatic rings. The maximum absolute atomic E-state index is 13.8. The van der Waals surface area contributed by atoms with Gasteiger partial charge in [-0.25, -0.2) is 8.78 Å². The highest BCUT2D eigenvalue weighted by molar-refractivity contribution is 9.10. The molecule has 100 valence electrons. The minimum absolute atomic E-state index is 0.0800. The Morgan fingerprint density at radius 3 is 2.32 bits per heavy atom. The molecular formula is C15H13BrF2O. The van der Waals surface area contributed by atoms with Crippen molar-refractivity contribution in [2.75, 3.05) is 0 Å². The Hall–Kier alpha value is -1.26. The summed E-state index contributed by atoms with van der Waals surface area (Å²) in [5.74, 6) is -1.35. The fraction of sp³-hybridized carbons (Fsp3) is 0.200. The van der Waals surface area contributed by atoms with Crippen LogP contribution in [0.5, 0.6) is 0 Å². The van der Waals surface area contributed by atoms with Crippen molar-refractivity contribution in [2.45, 2.75) is 20.0 Å². The molecule has 0 bridgehead atoms. The monoisotopic (exact) mass is 326 g/mol. The Morgan fingerprint density at radius 1 is 1.00 bits per heavy atom. The van der Waals surface area contributed by atoms with E-state index >= 15 is 0 Å². The smallest absolute Gasteiger partial charge is 0.132 e. The maximum atomic E-state index is 13.8. The molecule has 0 saturated heterocycles. The Bertz CT molecular complexity index is 606. The highest BCUT2D eigenvalue weighted by Crippen LogP contribution is 2.28. The van der Waals surface area contributed by atoms with Crippen LogP contribution in [0, 0.1) is 25.5 Å². The molecule has 0 heterocycles. The quantitative estimate of drug-likeness (QED) is 0.865. The van der Waals surface area contributed by atoms with Crippen molar-refractivity contribution >= 4 is 15.9 Å². The Balaban J connectivity index is 2.49. The molecule has 0 fully saturated rings. The lowest BCUT2D eigenvalue weighted by molar-refractivity contribution is 0.214. The molecule has 0 aliphatic heterocycles. The lowest BCUT2D eigenvalue weighted by Crippen LogP contribution is -2.04. The van der Waals surface area contributed by atoms with Gasteiger partial charge in [-0.15, -0.1) is 0 Å². The molecule has 0 spiro atoms. The van der Waals surface area contributed by atoms with Gasteiger partial charge in [0.05, 0.1) is 0 Å². The highest BCUT2D eigenvalue weighted by atomic mass is 79.9. The molecule has 4 heteroatoms. The van der Waals surface area contributed by atoms with Crippen molar-refractivity contribution < 1.29 is 13.9 Å². The molecule has 0 radical (unpaired) electrons. The summed E-state index contributed by atoms with van der Waals surface area (Å²) in [7, 11) is 0. The zero-order chi connectivity index (χ0) is 14.2. The van der Waals surface area contributed by atoms with Crippen LogP contribution in [0.4, 0.5) is 8.78 Å². The molecule has 2 aromatic carbocycles. The first-order valence-corrected chi connectivity index (χ1v) is 6.58. The van der Waals surface area contributed by atoms with Crippen LogP contribution in [-0.2, 0) is 0 Å². The Morgan fingerprint density at radius 2 is 1.68 bits per heavy atom. The van der Waals surface area contributed by atoms with Gasteiger partial charge in [0.1, 0.15) is 17.7 Å². The van der Waals surface area contributed by atoms with E-state index in [9.17, 15) is 13.9 Å². The SMILES string of the molecule is Cc1cc(Br)cc(C(O)c2cc(C)c(F)cc2F)c1. The van der Waals surface area contributed by atoms with Crippen molar-refractivity contribution in [3.05, 3.63) is 68.7 Å². The van der Waals surface area contributed by atoms with Gasteiger partial charge in [-0.1, -0.05) is 22.0 Å². The van der Waals surface area contributed by atoms with Crippen LogP contribution in [0.1, 0.15) is 28.4 Å². The van der Waals surface area contributed by atoms with E-state index in [1.807, 2.05) is 13.0 Å². The summed E-state index contributed by atoms with van der Waals surface area (Å²) >= 11 is 3.33. The second kappa shape index (κ2) is 5.39. The number of aryl methyl sites for hydroxylation is 2. The lowest BCUT2D eigenvalue weighted by atomic mass is 9.98. The summed E-state index contributed by atoms with van der Waals surface area (Å²) in [6, 6.07) is 7.52. The van der Waals surface area contributed by atoms with Crippen molar-refractivity contribution in [3.63, 3.8) is 0 Å². The minimum Gasteiger partial charge on any atom is -0.384 e. The minimum atomic E-state index is -1.12. The second-order valence-electron chi connectivity index (χ2n) is 4.59. The molecule has 0 saturated carbocycles. The third-order valence-electron chi connectivity index (χ3n) is 2.95. The normalized spacial score (nSPS) is 12.5. The van der Waals surface area contributed by atoms with E-state index in [-0.39, 0.29) is 5.56 Å². The summed E-state index contributed by atoms with van der Waals surface area (Å²) < 4.78 is 27.8. The van der Waals surface area contributed by atoms with Crippen molar-refractivity contribution in [1.82, 2.24) is 0 Å². The van der Waals surface area contributed by atoms with E-state index in [1.54, 1.807) is 12.1 Å². The average molecular weight is 327 g/mol. The highest BCUT2D eigenvalue weighted by Gasteiger charge is 2.17. The first-order chi connectivity index (χ1) is 8.88. The third-order valence-corrected chi connectivity index (χ3v) is 3.41. The van der Waals surface area contributed by atoms with Gasteiger partial charge in [-0.05, 0) is 48.7 Å². The molecule has 0 amide bonds. The predicted molar refractivity (Wildman–Crippen MR) is 74.0 cm³/mol. The summed E-state index contributed by atoms with van der Waals surface area (Å²) in [6.07, 6.45) is -1.12. The zero-order valence-corrected chi connectivity index (χ0v) is 12.1. The van der Waals surface area contributed by atoms with Gasteiger partial charge in [0.25, 0.3) is 0 Å². The number of hydrogen-bond donors (Lipinski definition) is 1. The summed E-state index contributed by atoms with van der Waals surface area (Å²) in [4.78, 5) is 0. The van der Waals surface area contributed by atoms with Gasteiger partial charge in [0.15, 0.2) is 0 Å². The van der Waals surface area contributed by atoms with Crippen molar-refractivity contribution in [1.29, 1.82) is 0 Å². The molecule has 1 nitrogen and oxygen atoms in total. The Kier molecular flexibility index (Phi) is 4.02.